The van der Waals surface area contributed by atoms with Gasteiger partial charge in [-0.05, 0) is 18.2 Å². The van der Waals surface area contributed by atoms with E-state index in [4.69, 9.17) is 10.5 Å². The zero-order chi connectivity index (χ0) is 11.8. The van der Waals surface area contributed by atoms with Crippen LogP contribution in [0.25, 0.3) is 0 Å². The number of rotatable bonds is 1. The molecule has 0 amide bonds. The van der Waals surface area contributed by atoms with Gasteiger partial charge in [0.1, 0.15) is 11.9 Å². The van der Waals surface area contributed by atoms with Crippen molar-refractivity contribution in [3.8, 4) is 5.75 Å². The maximum absolute atomic E-state index is 6.19. The number of aromatic nitrogens is 1. The topological polar surface area (TPSA) is 48.1 Å². The van der Waals surface area contributed by atoms with Crippen molar-refractivity contribution >= 4 is 27.3 Å². The Bertz CT molecular complexity index is 529. The lowest BCUT2D eigenvalue weighted by Crippen LogP contribution is -2.24. The number of benzene rings is 1. The Morgan fingerprint density at radius 2 is 2.35 bits per heavy atom. The van der Waals surface area contributed by atoms with Gasteiger partial charge >= 0.3 is 0 Å². The van der Waals surface area contributed by atoms with E-state index in [9.17, 15) is 0 Å². The first-order valence-corrected chi connectivity index (χ1v) is 7.07. The van der Waals surface area contributed by atoms with E-state index in [1.165, 1.54) is 0 Å². The molecule has 17 heavy (non-hydrogen) atoms. The number of fused-ring (bicyclic) bond motifs is 1. The predicted octanol–water partition coefficient (Wildman–Crippen LogP) is 3.43. The van der Waals surface area contributed by atoms with E-state index in [0.717, 1.165) is 27.9 Å². The average Bonchev–Trinajstić information content (AvgIpc) is 2.83. The van der Waals surface area contributed by atoms with E-state index in [1.54, 1.807) is 11.3 Å². The minimum Gasteiger partial charge on any atom is -0.484 e. The highest BCUT2D eigenvalue weighted by molar-refractivity contribution is 9.10. The molecule has 3 nitrogen and oxygen atoms in total. The first kappa shape index (κ1) is 11.2. The number of thiazole rings is 1. The molecule has 1 aromatic heterocycles. The van der Waals surface area contributed by atoms with Crippen LogP contribution in [0.3, 0.4) is 0 Å². The summed E-state index contributed by atoms with van der Waals surface area (Å²) in [6, 6.07) is 5.95. The molecule has 2 N–H and O–H groups in total. The van der Waals surface area contributed by atoms with Crippen molar-refractivity contribution in [3.63, 3.8) is 0 Å². The fraction of sp³-hybridized carbons (Fsp3) is 0.250. The average molecular weight is 311 g/mol. The Hall–Kier alpha value is -0.910. The third kappa shape index (κ3) is 2.10. The zero-order valence-electron chi connectivity index (χ0n) is 8.97. The highest BCUT2D eigenvalue weighted by Crippen LogP contribution is 2.40. The third-order valence-electron chi connectivity index (χ3n) is 2.89. The van der Waals surface area contributed by atoms with Crippen LogP contribution in [0.15, 0.2) is 33.6 Å². The summed E-state index contributed by atoms with van der Waals surface area (Å²) >= 11 is 5.03. The van der Waals surface area contributed by atoms with Gasteiger partial charge < -0.3 is 10.5 Å². The van der Waals surface area contributed by atoms with E-state index < -0.39 is 0 Å². The Labute approximate surface area is 112 Å². The van der Waals surface area contributed by atoms with E-state index in [2.05, 4.69) is 20.9 Å². The number of halogens is 1. The maximum Gasteiger partial charge on any atom is 0.143 e. The van der Waals surface area contributed by atoms with Gasteiger partial charge in [-0.1, -0.05) is 15.9 Å². The molecule has 0 bridgehead atoms. The minimum atomic E-state index is -0.0232. The normalized spacial score (nSPS) is 22.9. The van der Waals surface area contributed by atoms with Crippen LogP contribution in [-0.2, 0) is 0 Å². The summed E-state index contributed by atoms with van der Waals surface area (Å²) < 4.78 is 6.98. The molecule has 5 heteroatoms. The van der Waals surface area contributed by atoms with Crippen molar-refractivity contribution in [3.05, 3.63) is 44.8 Å². The summed E-state index contributed by atoms with van der Waals surface area (Å²) in [5.74, 6) is 0.866. The Morgan fingerprint density at radius 1 is 1.47 bits per heavy atom. The lowest BCUT2D eigenvalue weighted by molar-refractivity contribution is 0.158. The van der Waals surface area contributed by atoms with Crippen molar-refractivity contribution in [1.29, 1.82) is 0 Å². The molecule has 1 aromatic carbocycles. The predicted molar refractivity (Wildman–Crippen MR) is 71.2 cm³/mol. The second kappa shape index (κ2) is 4.40. The molecule has 2 heterocycles. The number of ether oxygens (including phenoxy) is 1. The molecule has 1 aliphatic rings. The van der Waals surface area contributed by atoms with Gasteiger partial charge in [-0.3, -0.25) is 0 Å². The Balaban J connectivity index is 1.96. The first-order valence-electron chi connectivity index (χ1n) is 5.34. The van der Waals surface area contributed by atoms with Crippen molar-refractivity contribution in [2.24, 2.45) is 5.73 Å². The van der Waals surface area contributed by atoms with Crippen LogP contribution in [0.2, 0.25) is 0 Å². The largest absolute Gasteiger partial charge is 0.484 e. The molecular weight excluding hydrogens is 300 g/mol. The van der Waals surface area contributed by atoms with E-state index >= 15 is 0 Å². The van der Waals surface area contributed by atoms with Gasteiger partial charge in [0.05, 0.1) is 11.2 Å². The second-order valence-corrected chi connectivity index (χ2v) is 5.68. The van der Waals surface area contributed by atoms with Gasteiger partial charge in [-0.25, -0.2) is 4.98 Å². The van der Waals surface area contributed by atoms with Crippen LogP contribution in [0.5, 0.6) is 5.75 Å². The minimum absolute atomic E-state index is 0.00273. The lowest BCUT2D eigenvalue weighted by atomic mass is 9.96. The molecule has 0 saturated carbocycles. The monoisotopic (exact) mass is 310 g/mol. The molecule has 2 aromatic rings. The molecule has 0 spiro atoms. The molecule has 0 fully saturated rings. The first-order chi connectivity index (χ1) is 8.24. The summed E-state index contributed by atoms with van der Waals surface area (Å²) in [6.45, 7) is 0. The number of hydrogen-bond acceptors (Lipinski definition) is 4. The van der Waals surface area contributed by atoms with Crippen LogP contribution < -0.4 is 10.5 Å². The van der Waals surface area contributed by atoms with Crippen LogP contribution in [0.1, 0.15) is 29.8 Å². The second-order valence-electron chi connectivity index (χ2n) is 4.04. The number of hydrogen-bond donors (Lipinski definition) is 1. The van der Waals surface area contributed by atoms with Gasteiger partial charge in [-0.15, -0.1) is 11.3 Å². The quantitative estimate of drug-likeness (QED) is 0.878. The van der Waals surface area contributed by atoms with Gasteiger partial charge in [0, 0.05) is 27.9 Å². The number of nitrogens with zero attached hydrogens (tertiary/aromatic N) is 1. The molecule has 0 saturated heterocycles. The van der Waals surface area contributed by atoms with Crippen LogP contribution in [0.4, 0.5) is 0 Å². The molecule has 1 aliphatic heterocycles. The summed E-state index contributed by atoms with van der Waals surface area (Å²) in [5, 5.41) is 2.02. The van der Waals surface area contributed by atoms with E-state index in [-0.39, 0.29) is 12.1 Å². The summed E-state index contributed by atoms with van der Waals surface area (Å²) in [5.41, 5.74) is 10.0. The van der Waals surface area contributed by atoms with Crippen LogP contribution in [0, 0.1) is 0 Å². The number of nitrogens with two attached hydrogens (primary N) is 1. The lowest BCUT2D eigenvalue weighted by Gasteiger charge is -2.29. The molecule has 2 atom stereocenters. The van der Waals surface area contributed by atoms with Gasteiger partial charge in [0.25, 0.3) is 0 Å². The molecular formula is C12H11BrN2OS. The fourth-order valence-corrected chi connectivity index (χ4v) is 3.01. The SMILES string of the molecule is N[C@H]1CC(c2cscn2)Oc2ccc(Br)cc21. The van der Waals surface area contributed by atoms with Gasteiger partial charge in [0.2, 0.25) is 0 Å². The van der Waals surface area contributed by atoms with Crippen LogP contribution >= 0.6 is 27.3 Å². The van der Waals surface area contributed by atoms with E-state index in [1.807, 2.05) is 29.1 Å². The summed E-state index contributed by atoms with van der Waals surface area (Å²) in [4.78, 5) is 4.29. The fourth-order valence-electron chi connectivity index (χ4n) is 2.04. The Morgan fingerprint density at radius 3 is 3.12 bits per heavy atom. The highest BCUT2D eigenvalue weighted by atomic mass is 79.9. The van der Waals surface area contributed by atoms with Gasteiger partial charge in [0.15, 0.2) is 0 Å². The summed E-state index contributed by atoms with van der Waals surface area (Å²) in [7, 11) is 0. The van der Waals surface area contributed by atoms with Crippen molar-refractivity contribution in [1.82, 2.24) is 4.98 Å². The van der Waals surface area contributed by atoms with Crippen molar-refractivity contribution < 1.29 is 4.74 Å². The molecule has 0 radical (unpaired) electrons. The van der Waals surface area contributed by atoms with Gasteiger partial charge in [-0.2, -0.15) is 0 Å². The van der Waals surface area contributed by atoms with Crippen LogP contribution in [-0.4, -0.2) is 4.98 Å². The van der Waals surface area contributed by atoms with E-state index in [0.29, 0.717) is 0 Å². The smallest absolute Gasteiger partial charge is 0.143 e. The Kier molecular flexibility index (Phi) is 2.90. The zero-order valence-corrected chi connectivity index (χ0v) is 11.4. The molecule has 0 aliphatic carbocycles. The van der Waals surface area contributed by atoms with Crippen molar-refractivity contribution in [2.45, 2.75) is 18.6 Å². The molecule has 3 rings (SSSR count). The maximum atomic E-state index is 6.19. The highest BCUT2D eigenvalue weighted by Gasteiger charge is 2.28. The molecule has 1 unspecified atom stereocenters. The molecule has 88 valence electrons. The third-order valence-corrected chi connectivity index (χ3v) is 3.99. The summed E-state index contributed by atoms with van der Waals surface area (Å²) in [6.07, 6.45) is 0.748. The standard InChI is InChI=1S/C12H11BrN2OS/c13-7-1-2-11-8(3-7)9(14)4-12(16-11)10-5-17-6-15-10/h1-3,5-6,9,12H,4,14H2/t9-,12?/m0/s1. The van der Waals surface area contributed by atoms with Crippen molar-refractivity contribution in [2.75, 3.05) is 0 Å².